The Balaban J connectivity index is 0.00000145. The lowest BCUT2D eigenvalue weighted by Crippen LogP contribution is -2.37. The van der Waals surface area contributed by atoms with Crippen LogP contribution in [0, 0.1) is 0 Å². The molecule has 1 amide bonds. The summed E-state index contributed by atoms with van der Waals surface area (Å²) < 4.78 is 10.1. The number of hydrogen-bond acceptors (Lipinski definition) is 3. The first-order valence-electron chi connectivity index (χ1n) is 10.5. The Kier molecular flexibility index (Phi) is 8.75. The Morgan fingerprint density at radius 2 is 1.72 bits per heavy atom. The monoisotopic (exact) mass is 416 g/mol. The van der Waals surface area contributed by atoms with E-state index in [1.165, 1.54) is 11.1 Å². The molecule has 2 aromatic carbocycles. The third kappa shape index (κ3) is 6.33. The van der Waals surface area contributed by atoms with Crippen molar-refractivity contribution < 1.29 is 9.35 Å². The molecule has 160 valence electrons. The molecule has 1 aliphatic heterocycles. The highest BCUT2D eigenvalue weighted by molar-refractivity contribution is 8.28. The molecule has 5 heteroatoms. The summed E-state index contributed by atoms with van der Waals surface area (Å²) in [5, 5.41) is 3.20. The van der Waals surface area contributed by atoms with Crippen molar-refractivity contribution in [1.29, 1.82) is 0 Å². The number of amides is 1. The van der Waals surface area contributed by atoms with Crippen LogP contribution in [-0.2, 0) is 6.54 Å². The van der Waals surface area contributed by atoms with E-state index in [4.69, 9.17) is 0 Å². The number of nitrogens with zero attached hydrogens (tertiary/aromatic N) is 1. The van der Waals surface area contributed by atoms with Gasteiger partial charge < -0.3 is 14.8 Å². The predicted octanol–water partition coefficient (Wildman–Crippen LogP) is 5.35. The van der Waals surface area contributed by atoms with Gasteiger partial charge in [-0.3, -0.25) is 4.79 Å². The maximum absolute atomic E-state index is 12.8. The number of rotatable bonds is 5. The van der Waals surface area contributed by atoms with E-state index < -0.39 is 10.3 Å². The highest BCUT2D eigenvalue weighted by Crippen LogP contribution is 2.44. The fourth-order valence-electron chi connectivity index (χ4n) is 3.69. The normalized spacial score (nSPS) is 15.4. The molecule has 2 N–H and O–H groups in total. The molecule has 0 bridgehead atoms. The number of carbonyl (C=O) groups excluding carboxylic acids is 1. The Bertz CT molecular complexity index is 776. The maximum atomic E-state index is 12.8. The van der Waals surface area contributed by atoms with Crippen LogP contribution >= 0.6 is 10.3 Å². The lowest BCUT2D eigenvalue weighted by atomic mass is 9.88. The molecule has 0 aromatic heterocycles. The molecule has 0 aliphatic carbocycles. The second kappa shape index (κ2) is 10.8. The van der Waals surface area contributed by atoms with Crippen molar-refractivity contribution in [3.63, 3.8) is 0 Å². The molecule has 1 saturated heterocycles. The van der Waals surface area contributed by atoms with E-state index >= 15 is 0 Å². The third-order valence-electron chi connectivity index (χ3n) is 5.26. The average Bonchev–Trinajstić information content (AvgIpc) is 2.75. The topological polar surface area (TPSA) is 52.6 Å². The molecule has 0 spiro atoms. The van der Waals surface area contributed by atoms with Crippen molar-refractivity contribution in [1.82, 2.24) is 10.2 Å². The molecule has 0 radical (unpaired) electrons. The summed E-state index contributed by atoms with van der Waals surface area (Å²) in [6, 6.07) is 16.2. The molecule has 3 rings (SSSR count). The van der Waals surface area contributed by atoms with Crippen LogP contribution in [0.5, 0.6) is 0 Å². The first-order chi connectivity index (χ1) is 13.9. The van der Waals surface area contributed by atoms with Crippen LogP contribution in [0.4, 0.5) is 0 Å². The highest BCUT2D eigenvalue weighted by Gasteiger charge is 2.25. The summed E-state index contributed by atoms with van der Waals surface area (Å²) in [6.07, 6.45) is 5.67. The van der Waals surface area contributed by atoms with Crippen molar-refractivity contribution in [3.05, 3.63) is 65.2 Å². The number of hydrogen-bond donors (Lipinski definition) is 2. The number of benzene rings is 2. The Morgan fingerprint density at radius 3 is 2.28 bits per heavy atom. The molecule has 0 unspecified atom stereocenters. The molecule has 0 atom stereocenters. The minimum Gasteiger partial charge on any atom is -0.348 e. The first-order valence-corrected chi connectivity index (χ1v) is 12.9. The zero-order valence-electron chi connectivity index (χ0n) is 18.4. The molecular formula is C24H36N2O2S. The number of nitrogens with one attached hydrogen (secondary N) is 1. The Labute approximate surface area is 177 Å². The second-order valence-corrected chi connectivity index (χ2v) is 10.7. The number of likely N-dealkylation sites (tertiary alicyclic amines) is 1. The largest absolute Gasteiger partial charge is 0.348 e. The lowest BCUT2D eigenvalue weighted by molar-refractivity contribution is 0.0713. The minimum atomic E-state index is -1.75. The van der Waals surface area contributed by atoms with E-state index in [-0.39, 0.29) is 5.91 Å². The number of piperidine rings is 1. The standard InChI is InChI=1S/C22H30N2O2S.C2H6/c1-23-16-17-5-4-6-20(15-17)18-11-13-24(14-12-18)22(25)19-7-9-21(10-8-19)27(2,3)26;1-2/h4-10,15,18,23,26H,11-14,16H2,1-3H3;1-2H3. The third-order valence-corrected chi connectivity index (χ3v) is 6.69. The van der Waals surface area contributed by atoms with Gasteiger partial charge in [-0.05, 0) is 73.7 Å². The molecule has 0 saturated carbocycles. The Hall–Kier alpha value is -1.82. The van der Waals surface area contributed by atoms with Gasteiger partial charge in [-0.1, -0.05) is 38.1 Å². The van der Waals surface area contributed by atoms with Gasteiger partial charge >= 0.3 is 0 Å². The summed E-state index contributed by atoms with van der Waals surface area (Å²) in [6.45, 7) is 6.46. The maximum Gasteiger partial charge on any atom is 0.253 e. The molecule has 1 heterocycles. The van der Waals surface area contributed by atoms with E-state index in [9.17, 15) is 9.35 Å². The van der Waals surface area contributed by atoms with Gasteiger partial charge in [0.1, 0.15) is 0 Å². The fourth-order valence-corrected chi connectivity index (χ4v) is 4.49. The lowest BCUT2D eigenvalue weighted by Gasteiger charge is -2.32. The van der Waals surface area contributed by atoms with Crippen molar-refractivity contribution >= 4 is 16.2 Å². The van der Waals surface area contributed by atoms with Gasteiger partial charge in [-0.15, -0.1) is 10.3 Å². The zero-order chi connectivity index (χ0) is 21.4. The van der Waals surface area contributed by atoms with Crippen LogP contribution in [0.3, 0.4) is 0 Å². The summed E-state index contributed by atoms with van der Waals surface area (Å²) >= 11 is 0. The summed E-state index contributed by atoms with van der Waals surface area (Å²) in [7, 11) is 0.219. The van der Waals surface area contributed by atoms with Gasteiger partial charge in [0.2, 0.25) is 0 Å². The van der Waals surface area contributed by atoms with Crippen molar-refractivity contribution in [3.8, 4) is 0 Å². The van der Waals surface area contributed by atoms with Crippen LogP contribution in [0.1, 0.15) is 54.1 Å². The fraction of sp³-hybridized carbons (Fsp3) is 0.458. The number of carbonyl (C=O) groups is 1. The van der Waals surface area contributed by atoms with Gasteiger partial charge in [-0.2, -0.15) is 0 Å². The van der Waals surface area contributed by atoms with E-state index in [0.717, 1.165) is 37.4 Å². The second-order valence-electron chi connectivity index (χ2n) is 7.64. The van der Waals surface area contributed by atoms with Gasteiger partial charge in [0.25, 0.3) is 5.91 Å². The summed E-state index contributed by atoms with van der Waals surface area (Å²) in [5.41, 5.74) is 3.40. The molecule has 1 aliphatic rings. The highest BCUT2D eigenvalue weighted by atomic mass is 32.3. The van der Waals surface area contributed by atoms with E-state index in [0.29, 0.717) is 11.5 Å². The molecule has 1 fully saturated rings. The summed E-state index contributed by atoms with van der Waals surface area (Å²) in [5.74, 6) is 0.613. The van der Waals surface area contributed by atoms with Gasteiger partial charge in [0, 0.05) is 30.1 Å². The summed E-state index contributed by atoms with van der Waals surface area (Å²) in [4.78, 5) is 15.7. The van der Waals surface area contributed by atoms with Gasteiger partial charge in [0.15, 0.2) is 0 Å². The van der Waals surface area contributed by atoms with Crippen LogP contribution in [-0.4, -0.2) is 48.0 Å². The van der Waals surface area contributed by atoms with Crippen LogP contribution < -0.4 is 5.32 Å². The van der Waals surface area contributed by atoms with Gasteiger partial charge in [-0.25, -0.2) is 0 Å². The van der Waals surface area contributed by atoms with Crippen molar-refractivity contribution in [2.45, 2.75) is 44.0 Å². The van der Waals surface area contributed by atoms with E-state index in [1.54, 1.807) is 0 Å². The van der Waals surface area contributed by atoms with Gasteiger partial charge in [0.05, 0.1) is 0 Å². The zero-order valence-corrected chi connectivity index (χ0v) is 19.3. The van der Waals surface area contributed by atoms with Crippen molar-refractivity contribution in [2.75, 3.05) is 32.6 Å². The smallest absolute Gasteiger partial charge is 0.253 e. The molecular weight excluding hydrogens is 380 g/mol. The first kappa shape index (κ1) is 23.5. The van der Waals surface area contributed by atoms with E-state index in [2.05, 4.69) is 29.6 Å². The minimum absolute atomic E-state index is 0.0923. The van der Waals surface area contributed by atoms with E-state index in [1.807, 2.05) is 62.6 Å². The van der Waals surface area contributed by atoms with Crippen LogP contribution in [0.25, 0.3) is 0 Å². The van der Waals surface area contributed by atoms with Crippen LogP contribution in [0.2, 0.25) is 0 Å². The molecule has 4 nitrogen and oxygen atoms in total. The SMILES string of the molecule is CC.CNCc1cccc(C2CCN(C(=O)c3ccc(S(C)(C)O)cc3)CC2)c1. The predicted molar refractivity (Wildman–Crippen MR) is 125 cm³/mol. The average molecular weight is 417 g/mol. The molecule has 29 heavy (non-hydrogen) atoms. The molecule has 2 aromatic rings. The van der Waals surface area contributed by atoms with Crippen LogP contribution in [0.15, 0.2) is 53.4 Å². The quantitative estimate of drug-likeness (QED) is 0.691. The Morgan fingerprint density at radius 1 is 1.10 bits per heavy atom. The van der Waals surface area contributed by atoms with Crippen molar-refractivity contribution in [2.24, 2.45) is 0 Å².